The van der Waals surface area contributed by atoms with E-state index in [1.165, 1.54) is 0 Å². The number of carbonyl (C=O) groups is 1. The van der Waals surface area contributed by atoms with E-state index in [9.17, 15) is 4.79 Å². The van der Waals surface area contributed by atoms with Gasteiger partial charge < -0.3 is 5.73 Å². The molecular formula is C14H21NO. The van der Waals surface area contributed by atoms with Gasteiger partial charge in [0.2, 0.25) is 0 Å². The van der Waals surface area contributed by atoms with Crippen LogP contribution in [0.15, 0.2) is 24.3 Å². The zero-order chi connectivity index (χ0) is 12.1. The van der Waals surface area contributed by atoms with Gasteiger partial charge in [-0.25, -0.2) is 0 Å². The van der Waals surface area contributed by atoms with Crippen molar-refractivity contribution in [3.05, 3.63) is 35.4 Å². The maximum Gasteiger partial charge on any atom is 0.153 e. The molecule has 2 nitrogen and oxygen atoms in total. The first-order chi connectivity index (χ1) is 7.50. The van der Waals surface area contributed by atoms with E-state index in [1.807, 2.05) is 31.2 Å². The minimum atomic E-state index is -0.320. The third kappa shape index (κ3) is 3.78. The zero-order valence-corrected chi connectivity index (χ0v) is 10.4. The number of Topliss-reactive ketones (excluding diaryl/α,β-unsaturated/α-hetero) is 1. The third-order valence-electron chi connectivity index (χ3n) is 2.76. The summed E-state index contributed by atoms with van der Waals surface area (Å²) in [7, 11) is 0. The number of ketones is 1. The van der Waals surface area contributed by atoms with Crippen molar-refractivity contribution in [1.29, 1.82) is 0 Å². The fourth-order valence-corrected chi connectivity index (χ4v) is 1.77. The molecule has 0 saturated carbocycles. The van der Waals surface area contributed by atoms with Crippen molar-refractivity contribution in [1.82, 2.24) is 0 Å². The number of nitrogens with two attached hydrogens (primary N) is 1. The smallest absolute Gasteiger partial charge is 0.153 e. The minimum absolute atomic E-state index is 0.142. The van der Waals surface area contributed by atoms with Crippen LogP contribution in [-0.4, -0.2) is 11.8 Å². The molecule has 0 aliphatic heterocycles. The molecule has 0 aliphatic rings. The number of rotatable bonds is 5. The Labute approximate surface area is 97.9 Å². The summed E-state index contributed by atoms with van der Waals surface area (Å²) in [5.74, 6) is 0.610. The van der Waals surface area contributed by atoms with Gasteiger partial charge in [0.05, 0.1) is 6.04 Å². The molecule has 1 aromatic carbocycles. The molecule has 0 saturated heterocycles. The van der Waals surface area contributed by atoms with Gasteiger partial charge in [0, 0.05) is 6.42 Å². The predicted molar refractivity (Wildman–Crippen MR) is 67.3 cm³/mol. The standard InChI is InChI=1S/C14H21NO/c1-10(2)8-13(15)14(16)9-12-7-5-4-6-11(12)3/h4-7,10,13H,8-9,15H2,1-3H3. The van der Waals surface area contributed by atoms with Crippen molar-refractivity contribution < 1.29 is 4.79 Å². The fourth-order valence-electron chi connectivity index (χ4n) is 1.77. The van der Waals surface area contributed by atoms with Gasteiger partial charge in [-0.15, -0.1) is 0 Å². The average molecular weight is 219 g/mol. The first-order valence-electron chi connectivity index (χ1n) is 5.83. The molecule has 1 unspecified atom stereocenters. The van der Waals surface area contributed by atoms with Crippen molar-refractivity contribution in [2.45, 2.75) is 39.7 Å². The van der Waals surface area contributed by atoms with Crippen LogP contribution in [0.3, 0.4) is 0 Å². The Morgan fingerprint density at radius 3 is 2.50 bits per heavy atom. The van der Waals surface area contributed by atoms with Gasteiger partial charge in [-0.05, 0) is 30.4 Å². The lowest BCUT2D eigenvalue weighted by atomic mass is 9.95. The summed E-state index contributed by atoms with van der Waals surface area (Å²) in [5, 5.41) is 0. The molecule has 0 fully saturated rings. The van der Waals surface area contributed by atoms with Crippen molar-refractivity contribution in [2.75, 3.05) is 0 Å². The quantitative estimate of drug-likeness (QED) is 0.826. The van der Waals surface area contributed by atoms with Gasteiger partial charge in [0.1, 0.15) is 0 Å². The van der Waals surface area contributed by atoms with Crippen LogP contribution in [-0.2, 0) is 11.2 Å². The lowest BCUT2D eigenvalue weighted by Crippen LogP contribution is -2.33. The molecule has 0 heterocycles. The molecule has 0 bridgehead atoms. The van der Waals surface area contributed by atoms with Crippen LogP contribution in [0.2, 0.25) is 0 Å². The normalized spacial score (nSPS) is 12.8. The summed E-state index contributed by atoms with van der Waals surface area (Å²) in [5.41, 5.74) is 8.12. The van der Waals surface area contributed by atoms with E-state index in [1.54, 1.807) is 0 Å². The topological polar surface area (TPSA) is 43.1 Å². The van der Waals surface area contributed by atoms with Crippen molar-refractivity contribution >= 4 is 5.78 Å². The van der Waals surface area contributed by atoms with Crippen LogP contribution in [0.4, 0.5) is 0 Å². The number of aryl methyl sites for hydroxylation is 1. The van der Waals surface area contributed by atoms with Crippen LogP contribution < -0.4 is 5.73 Å². The van der Waals surface area contributed by atoms with E-state index >= 15 is 0 Å². The molecule has 0 aliphatic carbocycles. The van der Waals surface area contributed by atoms with Crippen molar-refractivity contribution in [3.63, 3.8) is 0 Å². The number of carbonyl (C=O) groups excluding carboxylic acids is 1. The SMILES string of the molecule is Cc1ccccc1CC(=O)C(N)CC(C)C. The Kier molecular flexibility index (Phi) is 4.69. The molecule has 88 valence electrons. The second-order valence-corrected chi connectivity index (χ2v) is 4.81. The van der Waals surface area contributed by atoms with Gasteiger partial charge in [-0.2, -0.15) is 0 Å². The van der Waals surface area contributed by atoms with E-state index in [4.69, 9.17) is 5.73 Å². The van der Waals surface area contributed by atoms with Gasteiger partial charge in [-0.3, -0.25) is 4.79 Å². The summed E-state index contributed by atoms with van der Waals surface area (Å²) in [6.07, 6.45) is 1.23. The highest BCUT2D eigenvalue weighted by Gasteiger charge is 2.15. The minimum Gasteiger partial charge on any atom is -0.321 e. The highest BCUT2D eigenvalue weighted by molar-refractivity contribution is 5.86. The molecule has 2 heteroatoms. The Morgan fingerprint density at radius 1 is 1.31 bits per heavy atom. The van der Waals surface area contributed by atoms with Crippen molar-refractivity contribution in [3.8, 4) is 0 Å². The van der Waals surface area contributed by atoms with Crippen LogP contribution >= 0.6 is 0 Å². The Balaban J connectivity index is 2.61. The third-order valence-corrected chi connectivity index (χ3v) is 2.76. The Bertz CT molecular complexity index is 358. The lowest BCUT2D eigenvalue weighted by molar-refractivity contribution is -0.120. The van der Waals surface area contributed by atoms with Crippen LogP contribution in [0.5, 0.6) is 0 Å². The van der Waals surface area contributed by atoms with Gasteiger partial charge >= 0.3 is 0 Å². The molecule has 1 atom stereocenters. The van der Waals surface area contributed by atoms with Gasteiger partial charge in [-0.1, -0.05) is 38.1 Å². The van der Waals surface area contributed by atoms with Gasteiger partial charge in [0.25, 0.3) is 0 Å². The van der Waals surface area contributed by atoms with Crippen LogP contribution in [0, 0.1) is 12.8 Å². The average Bonchev–Trinajstić information content (AvgIpc) is 2.20. The van der Waals surface area contributed by atoms with Crippen LogP contribution in [0.1, 0.15) is 31.4 Å². The summed E-state index contributed by atoms with van der Waals surface area (Å²) in [6, 6.07) is 7.65. The lowest BCUT2D eigenvalue weighted by Gasteiger charge is -2.13. The van der Waals surface area contributed by atoms with E-state index in [2.05, 4.69) is 13.8 Å². The van der Waals surface area contributed by atoms with E-state index in [0.717, 1.165) is 17.5 Å². The molecule has 16 heavy (non-hydrogen) atoms. The maximum atomic E-state index is 11.9. The molecule has 2 N–H and O–H groups in total. The summed E-state index contributed by atoms with van der Waals surface area (Å²) < 4.78 is 0. The number of hydrogen-bond acceptors (Lipinski definition) is 2. The van der Waals surface area contributed by atoms with Gasteiger partial charge in [0.15, 0.2) is 5.78 Å². The zero-order valence-electron chi connectivity index (χ0n) is 10.4. The fraction of sp³-hybridized carbons (Fsp3) is 0.500. The van der Waals surface area contributed by atoms with E-state index < -0.39 is 0 Å². The monoisotopic (exact) mass is 219 g/mol. The van der Waals surface area contributed by atoms with Crippen molar-refractivity contribution in [2.24, 2.45) is 11.7 Å². The summed E-state index contributed by atoms with van der Waals surface area (Å²) >= 11 is 0. The van der Waals surface area contributed by atoms with E-state index in [-0.39, 0.29) is 11.8 Å². The Hall–Kier alpha value is -1.15. The Morgan fingerprint density at radius 2 is 1.94 bits per heavy atom. The molecule has 0 amide bonds. The molecule has 0 spiro atoms. The molecule has 0 radical (unpaired) electrons. The van der Waals surface area contributed by atoms with Crippen LogP contribution in [0.25, 0.3) is 0 Å². The largest absolute Gasteiger partial charge is 0.321 e. The molecule has 1 rings (SSSR count). The number of hydrogen-bond donors (Lipinski definition) is 1. The second-order valence-electron chi connectivity index (χ2n) is 4.81. The van der Waals surface area contributed by atoms with E-state index in [0.29, 0.717) is 12.3 Å². The first kappa shape index (κ1) is 12.9. The summed E-state index contributed by atoms with van der Waals surface area (Å²) in [6.45, 7) is 6.19. The predicted octanol–water partition coefficient (Wildman–Crippen LogP) is 2.48. The second kappa shape index (κ2) is 5.80. The molecule has 1 aromatic rings. The molecular weight excluding hydrogens is 198 g/mol. The molecule has 0 aromatic heterocycles. The maximum absolute atomic E-state index is 11.9. The highest BCUT2D eigenvalue weighted by atomic mass is 16.1. The number of benzene rings is 1. The first-order valence-corrected chi connectivity index (χ1v) is 5.83. The summed E-state index contributed by atoms with van der Waals surface area (Å²) in [4.78, 5) is 11.9. The highest BCUT2D eigenvalue weighted by Crippen LogP contribution is 2.11.